The maximum Gasteiger partial charge on any atom is 0.238 e. The summed E-state index contributed by atoms with van der Waals surface area (Å²) < 4.78 is 36.4. The highest BCUT2D eigenvalue weighted by molar-refractivity contribution is 9.10. The third-order valence-corrected chi connectivity index (χ3v) is 2.89. The molecule has 0 amide bonds. The second kappa shape index (κ2) is 3.06. The molecule has 0 aromatic heterocycles. The second-order valence-corrected chi connectivity index (χ2v) is 3.94. The van der Waals surface area contributed by atoms with E-state index in [0.29, 0.717) is 0 Å². The molecule has 11 heavy (non-hydrogen) atoms. The first-order valence-electron chi connectivity index (χ1n) is 2.68. The lowest BCUT2D eigenvalue weighted by atomic mass is 10.4. The Morgan fingerprint density at radius 3 is 2.00 bits per heavy atom. The summed E-state index contributed by atoms with van der Waals surface area (Å²) in [6, 6.07) is 5.38. The van der Waals surface area contributed by atoms with E-state index in [4.69, 9.17) is 0 Å². The normalized spacial score (nSPS) is 13.1. The van der Waals surface area contributed by atoms with Gasteiger partial charge in [0.25, 0.3) is 0 Å². The smallest absolute Gasteiger partial charge is 0.120 e. The molecule has 0 saturated heterocycles. The molecule has 0 aliphatic carbocycles. The highest BCUT2D eigenvalue weighted by atomic mass is 79.9. The van der Waals surface area contributed by atoms with Gasteiger partial charge in [0.15, 0.2) is 0 Å². The van der Waals surface area contributed by atoms with Gasteiger partial charge in [-0.05, 0) is 28.1 Å². The van der Waals surface area contributed by atoms with Crippen LogP contribution >= 0.6 is 27.1 Å². The summed E-state index contributed by atoms with van der Waals surface area (Å²) in [5, 5.41) is 0. The number of hydrogen-bond acceptors (Lipinski definition) is 0. The summed E-state index contributed by atoms with van der Waals surface area (Å²) in [6.07, 6.45) is 0. The molecule has 0 aliphatic heterocycles. The Hall–Kier alpha value is -0.160. The van der Waals surface area contributed by atoms with E-state index in [1.165, 1.54) is 12.1 Å². The van der Waals surface area contributed by atoms with Crippen LogP contribution in [0.5, 0.6) is 0 Å². The number of benzene rings is 1. The van der Waals surface area contributed by atoms with Gasteiger partial charge in [-0.15, -0.1) is 11.7 Å². The Balaban J connectivity index is 3.14. The molecule has 0 radical (unpaired) electrons. The van der Waals surface area contributed by atoms with Crippen molar-refractivity contribution in [3.63, 3.8) is 0 Å². The minimum atomic E-state index is -5.08. The first kappa shape index (κ1) is 8.93. The van der Waals surface area contributed by atoms with Crippen molar-refractivity contribution in [2.24, 2.45) is 0 Å². The molecule has 1 aromatic rings. The van der Waals surface area contributed by atoms with Gasteiger partial charge >= 0.3 is 0 Å². The predicted molar refractivity (Wildman–Crippen MR) is 43.3 cm³/mol. The van der Waals surface area contributed by atoms with Gasteiger partial charge in [0.1, 0.15) is 0 Å². The van der Waals surface area contributed by atoms with Crippen LogP contribution in [0.15, 0.2) is 33.6 Å². The summed E-state index contributed by atoms with van der Waals surface area (Å²) in [7, 11) is 0. The van der Waals surface area contributed by atoms with E-state index < -0.39 is 16.1 Å². The summed E-state index contributed by atoms with van der Waals surface area (Å²) in [4.78, 5) is -0.556. The zero-order chi connectivity index (χ0) is 8.48. The molecule has 0 aliphatic rings. The van der Waals surface area contributed by atoms with Crippen LogP contribution in [0.4, 0.5) is 11.7 Å². The number of halogens is 4. The Morgan fingerprint density at radius 1 is 1.09 bits per heavy atom. The zero-order valence-electron chi connectivity index (χ0n) is 5.23. The lowest BCUT2D eigenvalue weighted by molar-refractivity contribution is 0.632. The SMILES string of the molecule is FS(F)(F)c1ccccc1Br. The van der Waals surface area contributed by atoms with Crippen LogP contribution in [-0.4, -0.2) is 0 Å². The molecular weight excluding hydrogens is 241 g/mol. The van der Waals surface area contributed by atoms with Gasteiger partial charge in [-0.1, -0.05) is 12.1 Å². The Kier molecular flexibility index (Phi) is 2.49. The van der Waals surface area contributed by atoms with E-state index in [0.717, 1.165) is 6.07 Å². The molecule has 1 aromatic carbocycles. The quantitative estimate of drug-likeness (QED) is 0.693. The molecule has 0 atom stereocenters. The van der Waals surface area contributed by atoms with Crippen LogP contribution in [0.1, 0.15) is 0 Å². The van der Waals surface area contributed by atoms with Crippen LogP contribution in [0.25, 0.3) is 0 Å². The summed E-state index contributed by atoms with van der Waals surface area (Å²) in [5.41, 5.74) is 0. The number of hydrogen-bond donors (Lipinski definition) is 0. The van der Waals surface area contributed by atoms with Crippen LogP contribution < -0.4 is 0 Å². The van der Waals surface area contributed by atoms with E-state index in [-0.39, 0.29) is 4.47 Å². The number of rotatable bonds is 1. The topological polar surface area (TPSA) is 0 Å². The van der Waals surface area contributed by atoms with Crippen LogP contribution in [-0.2, 0) is 0 Å². The van der Waals surface area contributed by atoms with Crippen LogP contribution in [0, 0.1) is 0 Å². The maximum atomic E-state index is 12.1. The van der Waals surface area contributed by atoms with Gasteiger partial charge in [0.2, 0.25) is 11.2 Å². The maximum absolute atomic E-state index is 12.1. The summed E-state index contributed by atoms with van der Waals surface area (Å²) in [5.74, 6) is 0. The molecule has 0 bridgehead atoms. The largest absolute Gasteiger partial charge is 0.238 e. The lowest BCUT2D eigenvalue weighted by Gasteiger charge is -2.10. The second-order valence-electron chi connectivity index (χ2n) is 1.84. The van der Waals surface area contributed by atoms with Gasteiger partial charge < -0.3 is 0 Å². The molecule has 5 heteroatoms. The van der Waals surface area contributed by atoms with Crippen molar-refractivity contribution in [3.8, 4) is 0 Å². The van der Waals surface area contributed by atoms with Crippen molar-refractivity contribution >= 4 is 27.1 Å². The van der Waals surface area contributed by atoms with E-state index in [9.17, 15) is 11.7 Å². The molecule has 0 saturated carbocycles. The highest BCUT2D eigenvalue weighted by Crippen LogP contribution is 2.62. The lowest BCUT2D eigenvalue weighted by Crippen LogP contribution is -1.80. The third kappa shape index (κ3) is 2.13. The van der Waals surface area contributed by atoms with Gasteiger partial charge in [0.05, 0.1) is 4.90 Å². The van der Waals surface area contributed by atoms with E-state index >= 15 is 0 Å². The predicted octanol–water partition coefficient (Wildman–Crippen LogP) is 4.27. The van der Waals surface area contributed by atoms with Crippen molar-refractivity contribution in [2.45, 2.75) is 4.90 Å². The molecule has 1 rings (SSSR count). The fourth-order valence-corrected chi connectivity index (χ4v) is 1.99. The Bertz CT molecular complexity index is 258. The van der Waals surface area contributed by atoms with Gasteiger partial charge in [-0.3, -0.25) is 0 Å². The first-order valence-corrected chi connectivity index (χ1v) is 4.81. The fraction of sp³-hybridized carbons (Fsp3) is 0. The van der Waals surface area contributed by atoms with Crippen LogP contribution in [0.2, 0.25) is 0 Å². The van der Waals surface area contributed by atoms with Crippen molar-refractivity contribution in [1.82, 2.24) is 0 Å². The van der Waals surface area contributed by atoms with Crippen molar-refractivity contribution < 1.29 is 11.7 Å². The van der Waals surface area contributed by atoms with Gasteiger partial charge in [-0.2, -0.15) is 0 Å². The molecule has 0 spiro atoms. The minimum Gasteiger partial charge on any atom is -0.120 e. The molecule has 0 fully saturated rings. The van der Waals surface area contributed by atoms with Gasteiger partial charge in [-0.25, -0.2) is 0 Å². The Morgan fingerprint density at radius 2 is 1.64 bits per heavy atom. The molecular formula is C6H4BrF3S. The van der Waals surface area contributed by atoms with Crippen molar-refractivity contribution in [1.29, 1.82) is 0 Å². The molecule has 0 nitrogen and oxygen atoms in total. The third-order valence-electron chi connectivity index (χ3n) is 1.09. The Labute approximate surface area is 72.7 Å². The molecule has 62 valence electrons. The van der Waals surface area contributed by atoms with Gasteiger partial charge in [0, 0.05) is 4.47 Å². The first-order chi connectivity index (χ1) is 5.02. The summed E-state index contributed by atoms with van der Waals surface area (Å²) in [6.45, 7) is 0. The zero-order valence-corrected chi connectivity index (χ0v) is 7.63. The minimum absolute atomic E-state index is 0.113. The van der Waals surface area contributed by atoms with Crippen molar-refractivity contribution in [2.75, 3.05) is 0 Å². The summed E-state index contributed by atoms with van der Waals surface area (Å²) >= 11 is -2.25. The average molecular weight is 245 g/mol. The standard InChI is InChI=1S/C6H4BrF3S/c7-5-3-1-2-4-6(5)11(8,9)10/h1-4H. The molecule has 0 N–H and O–H groups in total. The highest BCUT2D eigenvalue weighted by Gasteiger charge is 2.26. The van der Waals surface area contributed by atoms with E-state index in [2.05, 4.69) is 15.9 Å². The van der Waals surface area contributed by atoms with Crippen molar-refractivity contribution in [3.05, 3.63) is 28.7 Å². The van der Waals surface area contributed by atoms with E-state index in [1.807, 2.05) is 0 Å². The van der Waals surface area contributed by atoms with Crippen LogP contribution in [0.3, 0.4) is 0 Å². The molecule has 0 heterocycles. The molecule has 0 unspecified atom stereocenters. The average Bonchev–Trinajstić information content (AvgIpc) is 1.86. The monoisotopic (exact) mass is 244 g/mol. The fourth-order valence-electron chi connectivity index (χ4n) is 0.632. The van der Waals surface area contributed by atoms with E-state index in [1.54, 1.807) is 6.07 Å².